The molecule has 5 heteroatoms. The predicted octanol–water partition coefficient (Wildman–Crippen LogP) is 3.33. The molecule has 0 N–H and O–H groups in total. The Morgan fingerprint density at radius 2 is 2.00 bits per heavy atom. The van der Waals surface area contributed by atoms with E-state index in [-0.39, 0.29) is 0 Å². The van der Waals surface area contributed by atoms with Gasteiger partial charge in [-0.15, -0.1) is 0 Å². The molecule has 1 aliphatic rings. The van der Waals surface area contributed by atoms with Crippen LogP contribution >= 0.6 is 0 Å². The van der Waals surface area contributed by atoms with Crippen LogP contribution in [0.5, 0.6) is 0 Å². The van der Waals surface area contributed by atoms with Gasteiger partial charge in [0.2, 0.25) is 0 Å². The van der Waals surface area contributed by atoms with E-state index in [0.29, 0.717) is 17.3 Å². The van der Waals surface area contributed by atoms with Crippen LogP contribution in [0.25, 0.3) is 5.65 Å². The Morgan fingerprint density at radius 1 is 1.25 bits per heavy atom. The van der Waals surface area contributed by atoms with Crippen molar-refractivity contribution >= 4 is 17.8 Å². The zero-order valence-corrected chi connectivity index (χ0v) is 13.9. The minimum Gasteiger partial charge on any atom is -0.349 e. The van der Waals surface area contributed by atoms with E-state index in [1.54, 1.807) is 6.20 Å². The molecule has 1 aromatic carbocycles. The summed E-state index contributed by atoms with van der Waals surface area (Å²) in [7, 11) is 0. The molecule has 0 unspecified atom stereocenters. The van der Waals surface area contributed by atoms with Crippen LogP contribution in [0.2, 0.25) is 0 Å². The molecular weight excluding hydrogens is 300 g/mol. The summed E-state index contributed by atoms with van der Waals surface area (Å²) in [5, 5.41) is 4.45. The largest absolute Gasteiger partial charge is 0.349 e. The summed E-state index contributed by atoms with van der Waals surface area (Å²) in [4.78, 5) is 18.3. The van der Waals surface area contributed by atoms with Crippen molar-refractivity contribution in [1.29, 1.82) is 0 Å². The number of carbonyl (C=O) groups excluding carboxylic acids is 1. The number of hydrogen-bond acceptors (Lipinski definition) is 4. The summed E-state index contributed by atoms with van der Waals surface area (Å²) in [6, 6.07) is 11.0. The Morgan fingerprint density at radius 3 is 2.67 bits per heavy atom. The Balaban J connectivity index is 1.87. The summed E-state index contributed by atoms with van der Waals surface area (Å²) >= 11 is 0. The first-order valence-electron chi connectivity index (χ1n) is 8.29. The maximum absolute atomic E-state index is 11.3. The molecule has 0 radical (unpaired) electrons. The average Bonchev–Trinajstić information content (AvgIpc) is 3.36. The lowest BCUT2D eigenvalue weighted by molar-refractivity contribution is 0.112. The molecule has 5 nitrogen and oxygen atoms in total. The highest BCUT2D eigenvalue weighted by Crippen LogP contribution is 2.35. The highest BCUT2D eigenvalue weighted by molar-refractivity contribution is 5.84. The van der Waals surface area contributed by atoms with Gasteiger partial charge in [-0.05, 0) is 32.3 Å². The third kappa shape index (κ3) is 2.46. The maximum atomic E-state index is 11.3. The second kappa shape index (κ2) is 5.74. The van der Waals surface area contributed by atoms with Crippen LogP contribution < -0.4 is 4.90 Å². The number of rotatable bonds is 5. The molecule has 0 saturated heterocycles. The van der Waals surface area contributed by atoms with Crippen LogP contribution in [0.4, 0.5) is 5.82 Å². The van der Waals surface area contributed by atoms with Gasteiger partial charge >= 0.3 is 0 Å². The standard InChI is InChI=1S/C19H20N4O/c1-13-14(2)21-18-16(12-24)10-20-23(18)19(13)22(17-8-9-17)11-15-6-4-3-5-7-15/h3-7,10,12,17H,8-9,11H2,1-2H3. The van der Waals surface area contributed by atoms with Crippen molar-refractivity contribution < 1.29 is 4.79 Å². The van der Waals surface area contributed by atoms with E-state index < -0.39 is 0 Å². The van der Waals surface area contributed by atoms with Crippen LogP contribution in [0, 0.1) is 13.8 Å². The second-order valence-corrected chi connectivity index (χ2v) is 6.44. The quantitative estimate of drug-likeness (QED) is 0.677. The van der Waals surface area contributed by atoms with Gasteiger partial charge in [-0.3, -0.25) is 4.79 Å². The van der Waals surface area contributed by atoms with Gasteiger partial charge in [0.05, 0.1) is 11.8 Å². The van der Waals surface area contributed by atoms with Crippen molar-refractivity contribution in [2.24, 2.45) is 0 Å². The number of aryl methyl sites for hydroxylation is 1. The molecule has 2 aromatic heterocycles. The normalized spacial score (nSPS) is 14.1. The molecule has 0 atom stereocenters. The topological polar surface area (TPSA) is 50.5 Å². The Labute approximate surface area is 140 Å². The van der Waals surface area contributed by atoms with E-state index in [1.807, 2.05) is 17.5 Å². The van der Waals surface area contributed by atoms with Crippen LogP contribution in [-0.4, -0.2) is 26.9 Å². The average molecular weight is 320 g/mol. The summed E-state index contributed by atoms with van der Waals surface area (Å²) in [5.41, 5.74) is 4.51. The monoisotopic (exact) mass is 320 g/mol. The lowest BCUT2D eigenvalue weighted by Gasteiger charge is -2.27. The van der Waals surface area contributed by atoms with Gasteiger partial charge in [0, 0.05) is 23.8 Å². The second-order valence-electron chi connectivity index (χ2n) is 6.44. The van der Waals surface area contributed by atoms with Crippen LogP contribution in [-0.2, 0) is 6.54 Å². The number of hydrogen-bond donors (Lipinski definition) is 0. The van der Waals surface area contributed by atoms with Crippen molar-refractivity contribution in [1.82, 2.24) is 14.6 Å². The Bertz CT molecular complexity index is 897. The molecule has 1 saturated carbocycles. The number of carbonyl (C=O) groups is 1. The van der Waals surface area contributed by atoms with Gasteiger partial charge in [0.1, 0.15) is 5.82 Å². The van der Waals surface area contributed by atoms with Gasteiger partial charge in [-0.25, -0.2) is 4.98 Å². The van der Waals surface area contributed by atoms with Crippen LogP contribution in [0.3, 0.4) is 0 Å². The first-order chi connectivity index (χ1) is 11.7. The van der Waals surface area contributed by atoms with E-state index >= 15 is 0 Å². The van der Waals surface area contributed by atoms with E-state index in [2.05, 4.69) is 46.2 Å². The maximum Gasteiger partial charge on any atom is 0.168 e. The van der Waals surface area contributed by atoms with Crippen molar-refractivity contribution in [2.45, 2.75) is 39.3 Å². The van der Waals surface area contributed by atoms with Crippen LogP contribution in [0.1, 0.15) is 40.0 Å². The van der Waals surface area contributed by atoms with Gasteiger partial charge in [0.25, 0.3) is 0 Å². The number of aldehydes is 1. The van der Waals surface area contributed by atoms with Crippen molar-refractivity contribution in [2.75, 3.05) is 4.90 Å². The number of benzene rings is 1. The predicted molar refractivity (Wildman–Crippen MR) is 93.5 cm³/mol. The molecule has 3 aromatic rings. The zero-order valence-electron chi connectivity index (χ0n) is 13.9. The fraction of sp³-hybridized carbons (Fsp3) is 0.316. The molecule has 0 amide bonds. The Hall–Kier alpha value is -2.69. The Kier molecular flexibility index (Phi) is 3.56. The number of aromatic nitrogens is 3. The van der Waals surface area contributed by atoms with E-state index in [1.165, 1.54) is 18.4 Å². The van der Waals surface area contributed by atoms with E-state index in [0.717, 1.165) is 29.9 Å². The number of fused-ring (bicyclic) bond motifs is 1. The summed E-state index contributed by atoms with van der Waals surface area (Å²) in [6.45, 7) is 4.91. The fourth-order valence-corrected chi connectivity index (χ4v) is 3.15. The lowest BCUT2D eigenvalue weighted by Crippen LogP contribution is -2.29. The molecule has 4 rings (SSSR count). The summed E-state index contributed by atoms with van der Waals surface area (Å²) < 4.78 is 1.83. The van der Waals surface area contributed by atoms with Gasteiger partial charge in [-0.1, -0.05) is 30.3 Å². The molecule has 0 aliphatic heterocycles. The van der Waals surface area contributed by atoms with E-state index in [4.69, 9.17) is 0 Å². The van der Waals surface area contributed by atoms with Crippen molar-refractivity contribution in [3.63, 3.8) is 0 Å². The van der Waals surface area contributed by atoms with Gasteiger partial charge < -0.3 is 4.90 Å². The molecule has 2 heterocycles. The van der Waals surface area contributed by atoms with Crippen molar-refractivity contribution in [3.8, 4) is 0 Å². The van der Waals surface area contributed by atoms with Gasteiger partial charge in [-0.2, -0.15) is 9.61 Å². The fourth-order valence-electron chi connectivity index (χ4n) is 3.15. The highest BCUT2D eigenvalue weighted by Gasteiger charge is 2.32. The lowest BCUT2D eigenvalue weighted by atomic mass is 10.1. The summed E-state index contributed by atoms with van der Waals surface area (Å²) in [6.07, 6.45) is 4.81. The molecule has 1 fully saturated rings. The summed E-state index contributed by atoms with van der Waals surface area (Å²) in [5.74, 6) is 1.05. The highest BCUT2D eigenvalue weighted by atomic mass is 16.1. The minimum atomic E-state index is 0.526. The first kappa shape index (κ1) is 14.9. The molecule has 24 heavy (non-hydrogen) atoms. The number of anilines is 1. The van der Waals surface area contributed by atoms with Gasteiger partial charge in [0.15, 0.2) is 11.9 Å². The van der Waals surface area contributed by atoms with E-state index in [9.17, 15) is 4.79 Å². The third-order valence-corrected chi connectivity index (χ3v) is 4.71. The zero-order chi connectivity index (χ0) is 16.7. The van der Waals surface area contributed by atoms with Crippen molar-refractivity contribution in [3.05, 3.63) is 58.9 Å². The molecule has 0 spiro atoms. The molecular formula is C19H20N4O. The molecule has 122 valence electrons. The third-order valence-electron chi connectivity index (χ3n) is 4.71. The van der Waals surface area contributed by atoms with Crippen LogP contribution in [0.15, 0.2) is 36.5 Å². The smallest absolute Gasteiger partial charge is 0.168 e. The molecule has 0 bridgehead atoms. The molecule has 1 aliphatic carbocycles. The number of nitrogens with zero attached hydrogens (tertiary/aromatic N) is 4. The minimum absolute atomic E-state index is 0.526. The first-order valence-corrected chi connectivity index (χ1v) is 8.29. The SMILES string of the molecule is Cc1nc2c(C=O)cnn2c(N(Cc2ccccc2)C2CC2)c1C.